The van der Waals surface area contributed by atoms with Crippen LogP contribution in [0.2, 0.25) is 0 Å². The maximum Gasteiger partial charge on any atom is 0.376 e. The van der Waals surface area contributed by atoms with E-state index in [4.69, 9.17) is 5.11 Å². The van der Waals surface area contributed by atoms with E-state index in [2.05, 4.69) is 14.7 Å². The highest BCUT2D eigenvalue weighted by Gasteiger charge is 2.35. The molecule has 19 heavy (non-hydrogen) atoms. The van der Waals surface area contributed by atoms with Gasteiger partial charge in [-0.2, -0.15) is 0 Å². The van der Waals surface area contributed by atoms with E-state index in [-0.39, 0.29) is 11.7 Å². The third-order valence-electron chi connectivity index (χ3n) is 3.26. The number of carboxylic acid groups (broad SMARTS) is 1. The molecule has 102 valence electrons. The number of hydrogen-bond acceptors (Lipinski definition) is 6. The first kappa shape index (κ1) is 13.3. The number of aromatic nitrogens is 2. The average molecular weight is 265 g/mol. The van der Waals surface area contributed by atoms with Crippen LogP contribution in [0.25, 0.3) is 0 Å². The van der Waals surface area contributed by atoms with E-state index < -0.39 is 17.9 Å². The van der Waals surface area contributed by atoms with Crippen molar-refractivity contribution in [3.05, 3.63) is 18.1 Å². The number of carbonyl (C=O) groups is 2. The first-order valence-corrected chi connectivity index (χ1v) is 5.92. The third-order valence-corrected chi connectivity index (χ3v) is 3.26. The fraction of sp³-hybridized carbons (Fsp3) is 0.500. The summed E-state index contributed by atoms with van der Waals surface area (Å²) in [5, 5.41) is 9.10. The fourth-order valence-electron chi connectivity index (χ4n) is 2.19. The lowest BCUT2D eigenvalue weighted by molar-refractivity contribution is -0.142. The lowest BCUT2D eigenvalue weighted by Gasteiger charge is -2.16. The van der Waals surface area contributed by atoms with Crippen molar-refractivity contribution in [3.63, 3.8) is 0 Å². The largest absolute Gasteiger partial charge is 0.481 e. The molecule has 2 rings (SSSR count). The van der Waals surface area contributed by atoms with Crippen molar-refractivity contribution in [1.82, 2.24) is 9.97 Å². The predicted octanol–water partition coefficient (Wildman–Crippen LogP) is 0.420. The number of carboxylic acids is 1. The minimum Gasteiger partial charge on any atom is -0.481 e. The second kappa shape index (κ2) is 5.21. The van der Waals surface area contributed by atoms with E-state index in [0.29, 0.717) is 18.9 Å². The summed E-state index contributed by atoms with van der Waals surface area (Å²) >= 11 is 0. The third kappa shape index (κ3) is 2.64. The van der Waals surface area contributed by atoms with Gasteiger partial charge < -0.3 is 14.7 Å². The highest BCUT2D eigenvalue weighted by atomic mass is 16.5. The Morgan fingerprint density at radius 2 is 2.21 bits per heavy atom. The number of aliphatic carboxylic acids is 1. The molecule has 0 radical (unpaired) electrons. The summed E-state index contributed by atoms with van der Waals surface area (Å²) < 4.78 is 4.56. The Hall–Kier alpha value is -2.18. The molecule has 1 saturated heterocycles. The van der Waals surface area contributed by atoms with Crippen molar-refractivity contribution in [2.24, 2.45) is 11.8 Å². The van der Waals surface area contributed by atoms with Gasteiger partial charge in [-0.3, -0.25) is 4.79 Å². The minimum atomic E-state index is -0.808. The number of esters is 1. The molecular formula is C12H15N3O4. The summed E-state index contributed by atoms with van der Waals surface area (Å²) in [5.74, 6) is -1.27. The molecule has 0 spiro atoms. The van der Waals surface area contributed by atoms with Crippen LogP contribution in [0.1, 0.15) is 17.5 Å². The Morgan fingerprint density at radius 3 is 2.79 bits per heavy atom. The molecule has 1 N–H and O–H groups in total. The summed E-state index contributed by atoms with van der Waals surface area (Å²) in [6, 6.07) is 1.66. The summed E-state index contributed by atoms with van der Waals surface area (Å²) in [7, 11) is 1.26. The zero-order chi connectivity index (χ0) is 14.0. The molecule has 1 aromatic rings. The average Bonchev–Trinajstić information content (AvgIpc) is 2.80. The maximum absolute atomic E-state index is 11.4. The van der Waals surface area contributed by atoms with Gasteiger partial charge in [-0.05, 0) is 12.0 Å². The van der Waals surface area contributed by atoms with Crippen LogP contribution < -0.4 is 4.90 Å². The number of ether oxygens (including phenoxy) is 1. The topological polar surface area (TPSA) is 92.6 Å². The summed E-state index contributed by atoms with van der Waals surface area (Å²) in [6.45, 7) is 2.86. The molecule has 1 aliphatic heterocycles. The Labute approximate surface area is 110 Å². The summed E-state index contributed by atoms with van der Waals surface area (Å²) in [5.41, 5.74) is 0. The number of methoxy groups -OCH3 is 1. The number of carbonyl (C=O) groups excluding carboxylic acids is 1. The molecule has 1 fully saturated rings. The Bertz CT molecular complexity index is 506. The molecule has 7 heteroatoms. The van der Waals surface area contributed by atoms with Gasteiger partial charge >= 0.3 is 11.9 Å². The smallest absolute Gasteiger partial charge is 0.376 e. The normalized spacial score (nSPS) is 22.3. The van der Waals surface area contributed by atoms with Gasteiger partial charge in [-0.15, -0.1) is 0 Å². The van der Waals surface area contributed by atoms with Gasteiger partial charge in [-0.1, -0.05) is 6.92 Å². The quantitative estimate of drug-likeness (QED) is 0.791. The number of nitrogens with zero attached hydrogens (tertiary/aromatic N) is 3. The molecule has 0 bridgehead atoms. The maximum atomic E-state index is 11.4. The van der Waals surface area contributed by atoms with Gasteiger partial charge in [0.05, 0.1) is 13.0 Å². The van der Waals surface area contributed by atoms with Crippen LogP contribution in [0.15, 0.2) is 12.3 Å². The molecule has 2 heterocycles. The van der Waals surface area contributed by atoms with E-state index in [1.807, 2.05) is 11.8 Å². The molecule has 0 amide bonds. The van der Waals surface area contributed by atoms with Crippen LogP contribution in [-0.4, -0.2) is 47.2 Å². The molecule has 2 atom stereocenters. The van der Waals surface area contributed by atoms with Crippen LogP contribution in [0.5, 0.6) is 0 Å². The first-order valence-electron chi connectivity index (χ1n) is 5.92. The van der Waals surface area contributed by atoms with Crippen LogP contribution in [0.4, 0.5) is 5.82 Å². The molecular weight excluding hydrogens is 250 g/mol. The van der Waals surface area contributed by atoms with Crippen molar-refractivity contribution >= 4 is 17.8 Å². The van der Waals surface area contributed by atoms with Crippen LogP contribution in [-0.2, 0) is 9.53 Å². The van der Waals surface area contributed by atoms with Crippen LogP contribution >= 0.6 is 0 Å². The minimum absolute atomic E-state index is 0.0218. The molecule has 0 aliphatic carbocycles. The molecule has 0 aromatic carbocycles. The first-order chi connectivity index (χ1) is 9.02. The van der Waals surface area contributed by atoms with Crippen molar-refractivity contribution in [3.8, 4) is 0 Å². The van der Waals surface area contributed by atoms with Gasteiger partial charge in [0, 0.05) is 19.3 Å². The van der Waals surface area contributed by atoms with Crippen molar-refractivity contribution in [2.45, 2.75) is 6.92 Å². The fourth-order valence-corrected chi connectivity index (χ4v) is 2.19. The second-order valence-electron chi connectivity index (χ2n) is 4.56. The van der Waals surface area contributed by atoms with Crippen molar-refractivity contribution in [1.29, 1.82) is 0 Å². The lowest BCUT2D eigenvalue weighted by atomic mass is 9.99. The van der Waals surface area contributed by atoms with Gasteiger partial charge in [-0.25, -0.2) is 14.8 Å². The van der Waals surface area contributed by atoms with Gasteiger partial charge in [0.25, 0.3) is 0 Å². The zero-order valence-electron chi connectivity index (χ0n) is 10.7. The van der Waals surface area contributed by atoms with E-state index >= 15 is 0 Å². The number of anilines is 1. The van der Waals surface area contributed by atoms with Gasteiger partial charge in [0.15, 0.2) is 0 Å². The van der Waals surface area contributed by atoms with Gasteiger partial charge in [0.2, 0.25) is 5.82 Å². The standard InChI is InChI=1S/C12H15N3O4/c1-7-5-15(6-8(7)11(16)17)9-3-4-13-10(14-9)12(18)19-2/h3-4,7-8H,5-6H2,1-2H3,(H,16,17). The second-order valence-corrected chi connectivity index (χ2v) is 4.56. The van der Waals surface area contributed by atoms with Crippen LogP contribution in [0.3, 0.4) is 0 Å². The number of rotatable bonds is 3. The van der Waals surface area contributed by atoms with Crippen molar-refractivity contribution in [2.75, 3.05) is 25.1 Å². The predicted molar refractivity (Wildman–Crippen MR) is 65.9 cm³/mol. The summed E-state index contributed by atoms with van der Waals surface area (Å²) in [6.07, 6.45) is 1.47. The Balaban J connectivity index is 2.19. The SMILES string of the molecule is COC(=O)c1nccc(N2CC(C)C(C(=O)O)C2)n1. The van der Waals surface area contributed by atoms with E-state index in [9.17, 15) is 9.59 Å². The lowest BCUT2D eigenvalue weighted by Crippen LogP contribution is -2.24. The van der Waals surface area contributed by atoms with Crippen molar-refractivity contribution < 1.29 is 19.4 Å². The zero-order valence-corrected chi connectivity index (χ0v) is 10.7. The molecule has 2 unspecified atom stereocenters. The van der Waals surface area contributed by atoms with E-state index in [1.165, 1.54) is 13.3 Å². The Kier molecular flexibility index (Phi) is 3.64. The van der Waals surface area contributed by atoms with Gasteiger partial charge in [0.1, 0.15) is 5.82 Å². The monoisotopic (exact) mass is 265 g/mol. The number of hydrogen-bond donors (Lipinski definition) is 1. The van der Waals surface area contributed by atoms with E-state index in [1.54, 1.807) is 6.07 Å². The molecule has 0 saturated carbocycles. The molecule has 7 nitrogen and oxygen atoms in total. The van der Waals surface area contributed by atoms with E-state index in [0.717, 1.165) is 0 Å². The Morgan fingerprint density at radius 1 is 1.47 bits per heavy atom. The molecule has 1 aliphatic rings. The molecule has 1 aromatic heterocycles. The summed E-state index contributed by atoms with van der Waals surface area (Å²) in [4.78, 5) is 32.2. The highest BCUT2D eigenvalue weighted by molar-refractivity contribution is 5.85. The van der Waals surface area contributed by atoms with Crippen LogP contribution in [0, 0.1) is 11.8 Å². The highest BCUT2D eigenvalue weighted by Crippen LogP contribution is 2.26.